The maximum absolute atomic E-state index is 13.6. The van der Waals surface area contributed by atoms with Crippen LogP contribution in [0.2, 0.25) is 0 Å². The van der Waals surface area contributed by atoms with Gasteiger partial charge in [0, 0.05) is 36.2 Å². The molecule has 1 aromatic carbocycles. The van der Waals surface area contributed by atoms with Crippen molar-refractivity contribution in [2.75, 3.05) is 0 Å². The number of benzene rings is 1. The van der Waals surface area contributed by atoms with Crippen LogP contribution in [0.3, 0.4) is 0 Å². The summed E-state index contributed by atoms with van der Waals surface area (Å²) in [6, 6.07) is 5.75. The van der Waals surface area contributed by atoms with Crippen LogP contribution in [0.1, 0.15) is 16.1 Å². The summed E-state index contributed by atoms with van der Waals surface area (Å²) in [5, 5.41) is 6.04. The van der Waals surface area contributed by atoms with Crippen LogP contribution in [0.4, 0.5) is 13.2 Å². The molecule has 144 valence electrons. The number of carbonyl (C=O) groups excluding carboxylic acids is 1. The van der Waals surface area contributed by atoms with Gasteiger partial charge in [0.05, 0.1) is 18.5 Å². The lowest BCUT2D eigenvalue weighted by Crippen LogP contribution is -2.24. The van der Waals surface area contributed by atoms with E-state index in [1.54, 1.807) is 12.1 Å². The first-order valence-electron chi connectivity index (χ1n) is 7.85. The minimum atomic E-state index is -1.06. The molecule has 28 heavy (non-hydrogen) atoms. The molecule has 2 aromatic heterocycles. The lowest BCUT2D eigenvalue weighted by Gasteiger charge is -2.04. The number of allylic oxidation sites excluding steroid dienone is 1. The van der Waals surface area contributed by atoms with E-state index in [4.69, 9.17) is 14.7 Å². The Labute approximate surface area is 156 Å². The van der Waals surface area contributed by atoms with Gasteiger partial charge in [-0.1, -0.05) is 5.16 Å². The predicted octanol–water partition coefficient (Wildman–Crippen LogP) is 3.15. The summed E-state index contributed by atoms with van der Waals surface area (Å²) in [6.45, 7) is -0.419. The van der Waals surface area contributed by atoms with Crippen molar-refractivity contribution in [3.05, 3.63) is 77.2 Å². The Hall–Kier alpha value is -3.82. The molecule has 3 aromatic rings. The van der Waals surface area contributed by atoms with Crippen molar-refractivity contribution in [3.63, 3.8) is 0 Å². The number of nitrogens with two attached hydrogens (primary N) is 1. The molecule has 0 saturated heterocycles. The molecule has 0 aliphatic carbocycles. The molecule has 0 bridgehead atoms. The lowest BCUT2D eigenvalue weighted by atomic mass is 10.2. The number of hydrogen-bond donors (Lipinski definition) is 2. The van der Waals surface area contributed by atoms with Crippen LogP contribution in [0.5, 0.6) is 0 Å². The van der Waals surface area contributed by atoms with Crippen LogP contribution in [0, 0.1) is 17.5 Å². The van der Waals surface area contributed by atoms with E-state index in [9.17, 15) is 18.0 Å². The van der Waals surface area contributed by atoms with Gasteiger partial charge in [0.25, 0.3) is 5.91 Å². The summed E-state index contributed by atoms with van der Waals surface area (Å²) in [7, 11) is 0. The van der Waals surface area contributed by atoms with Crippen LogP contribution in [0.15, 0.2) is 62.4 Å². The Bertz CT molecular complexity index is 1020. The summed E-state index contributed by atoms with van der Waals surface area (Å²) in [4.78, 5) is 16.0. The first-order valence-corrected chi connectivity index (χ1v) is 7.85. The fourth-order valence-electron chi connectivity index (χ4n) is 2.19. The number of halogens is 3. The second-order valence-corrected chi connectivity index (χ2v) is 5.45. The second kappa shape index (κ2) is 8.25. The number of carbonyl (C=O) groups is 1. The number of nitrogens with zero attached hydrogens (tertiary/aromatic N) is 2. The van der Waals surface area contributed by atoms with E-state index < -0.39 is 35.5 Å². The normalized spacial score (nSPS) is 11.9. The van der Waals surface area contributed by atoms with Gasteiger partial charge >= 0.3 is 0 Å². The van der Waals surface area contributed by atoms with Crippen molar-refractivity contribution in [1.82, 2.24) is 10.5 Å². The van der Waals surface area contributed by atoms with E-state index in [0.717, 1.165) is 12.4 Å². The van der Waals surface area contributed by atoms with E-state index in [-0.39, 0.29) is 17.2 Å². The molecule has 0 unspecified atom stereocenters. The van der Waals surface area contributed by atoms with Gasteiger partial charge in [-0.15, -0.1) is 0 Å². The third-order valence-electron chi connectivity index (χ3n) is 3.53. The third-order valence-corrected chi connectivity index (χ3v) is 3.53. The van der Waals surface area contributed by atoms with E-state index in [1.807, 2.05) is 0 Å². The predicted molar refractivity (Wildman–Crippen MR) is 92.5 cm³/mol. The molecular formula is C18H13F3N4O3. The van der Waals surface area contributed by atoms with Crippen LogP contribution in [0.25, 0.3) is 11.5 Å². The summed E-state index contributed by atoms with van der Waals surface area (Å²) in [6.07, 6.45) is 3.58. The van der Waals surface area contributed by atoms with E-state index in [1.165, 1.54) is 12.3 Å². The Balaban J connectivity index is 1.65. The molecule has 1 amide bonds. The van der Waals surface area contributed by atoms with Gasteiger partial charge in [-0.05, 0) is 12.1 Å². The minimum absolute atomic E-state index is 0.0465. The van der Waals surface area contributed by atoms with Crippen LogP contribution in [-0.4, -0.2) is 17.3 Å². The van der Waals surface area contributed by atoms with Gasteiger partial charge in [0.15, 0.2) is 11.5 Å². The molecular weight excluding hydrogens is 377 g/mol. The third kappa shape index (κ3) is 4.29. The Morgan fingerprint density at radius 1 is 1.21 bits per heavy atom. The number of amides is 1. The molecule has 3 rings (SSSR count). The Morgan fingerprint density at radius 3 is 2.61 bits per heavy atom. The molecule has 0 aliphatic rings. The quantitative estimate of drug-likeness (QED) is 0.629. The van der Waals surface area contributed by atoms with Crippen molar-refractivity contribution in [2.24, 2.45) is 10.7 Å². The second-order valence-electron chi connectivity index (χ2n) is 5.45. The molecule has 0 radical (unpaired) electrons. The zero-order valence-corrected chi connectivity index (χ0v) is 14.2. The molecule has 0 aliphatic heterocycles. The highest BCUT2D eigenvalue weighted by molar-refractivity contribution is 5.97. The maximum Gasteiger partial charge on any atom is 0.277 e. The van der Waals surface area contributed by atoms with Crippen LogP contribution in [-0.2, 0) is 6.54 Å². The molecule has 2 heterocycles. The number of nitrogens with one attached hydrogen (secondary N) is 1. The molecule has 0 saturated carbocycles. The van der Waals surface area contributed by atoms with E-state index in [0.29, 0.717) is 17.9 Å². The minimum Gasteiger partial charge on any atom is -0.461 e. The van der Waals surface area contributed by atoms with Gasteiger partial charge in [-0.2, -0.15) is 0 Å². The van der Waals surface area contributed by atoms with Gasteiger partial charge in [0.2, 0.25) is 5.76 Å². The fraction of sp³-hybridized carbons (Fsp3) is 0.0556. The van der Waals surface area contributed by atoms with Crippen molar-refractivity contribution >= 4 is 12.1 Å². The summed E-state index contributed by atoms with van der Waals surface area (Å²) in [5.74, 6) is -3.16. The molecule has 10 heteroatoms. The van der Waals surface area contributed by atoms with Crippen molar-refractivity contribution in [3.8, 4) is 11.5 Å². The highest BCUT2D eigenvalue weighted by Gasteiger charge is 2.16. The molecule has 0 fully saturated rings. The smallest absolute Gasteiger partial charge is 0.277 e. The van der Waals surface area contributed by atoms with Crippen molar-refractivity contribution in [2.45, 2.75) is 6.54 Å². The average molecular weight is 390 g/mol. The van der Waals surface area contributed by atoms with Gasteiger partial charge in [0.1, 0.15) is 17.5 Å². The highest BCUT2D eigenvalue weighted by Crippen LogP contribution is 2.20. The van der Waals surface area contributed by atoms with E-state index in [2.05, 4.69) is 15.5 Å². The van der Waals surface area contributed by atoms with Gasteiger partial charge < -0.3 is 20.0 Å². The summed E-state index contributed by atoms with van der Waals surface area (Å²) < 4.78 is 50.2. The molecule has 7 nitrogen and oxygen atoms in total. The number of rotatable bonds is 6. The summed E-state index contributed by atoms with van der Waals surface area (Å²) >= 11 is 0. The van der Waals surface area contributed by atoms with Crippen LogP contribution >= 0.6 is 0 Å². The largest absolute Gasteiger partial charge is 0.461 e. The first-order chi connectivity index (χ1) is 13.5. The average Bonchev–Trinajstić information content (AvgIpc) is 3.34. The molecule has 0 spiro atoms. The maximum atomic E-state index is 13.6. The monoisotopic (exact) mass is 390 g/mol. The van der Waals surface area contributed by atoms with Gasteiger partial charge in [-0.3, -0.25) is 9.79 Å². The van der Waals surface area contributed by atoms with Crippen molar-refractivity contribution < 1.29 is 26.9 Å². The Kier molecular flexibility index (Phi) is 5.58. The number of furan rings is 1. The number of aliphatic imine (C=N–C) groups is 1. The van der Waals surface area contributed by atoms with E-state index >= 15 is 0 Å². The van der Waals surface area contributed by atoms with Gasteiger partial charge in [-0.25, -0.2) is 13.2 Å². The lowest BCUT2D eigenvalue weighted by molar-refractivity contribution is 0.0959. The fourth-order valence-corrected chi connectivity index (χ4v) is 2.19. The standard InChI is InChI=1S/C18H13F3N4O3/c19-10-4-13(20)12(14(21)5-10)9-23-8-11(7-22)24-18(26)15-6-17(28-25-15)16-2-1-3-27-16/h1-8H,9,22H2,(H,24,26)/b11-7+,23-8?. The van der Waals surface area contributed by atoms with Crippen molar-refractivity contribution in [1.29, 1.82) is 0 Å². The molecule has 3 N–H and O–H groups in total. The zero-order chi connectivity index (χ0) is 20.1. The summed E-state index contributed by atoms with van der Waals surface area (Å²) in [5.41, 5.74) is 5.00. The highest BCUT2D eigenvalue weighted by atomic mass is 19.1. The first kappa shape index (κ1) is 19.0. The molecule has 0 atom stereocenters. The number of hydrogen-bond acceptors (Lipinski definition) is 6. The topological polar surface area (TPSA) is 107 Å². The zero-order valence-electron chi connectivity index (χ0n) is 14.2. The number of aromatic nitrogens is 1. The Morgan fingerprint density at radius 2 is 1.96 bits per heavy atom. The SMILES string of the molecule is N/C=C(\C=NCc1c(F)cc(F)cc1F)NC(=O)c1cc(-c2ccco2)on1. The van der Waals surface area contributed by atoms with Crippen LogP contribution < -0.4 is 11.1 Å².